The number of aryl methyl sites for hydroxylation is 2. The fourth-order valence-corrected chi connectivity index (χ4v) is 4.82. The highest BCUT2D eigenvalue weighted by molar-refractivity contribution is 7.89. The quantitative estimate of drug-likeness (QED) is 0.619. The van der Waals surface area contributed by atoms with E-state index in [1.165, 1.54) is 9.21 Å². The summed E-state index contributed by atoms with van der Waals surface area (Å²) in [6.07, 6.45) is 0. The van der Waals surface area contributed by atoms with Crippen molar-refractivity contribution in [1.29, 1.82) is 5.26 Å². The van der Waals surface area contributed by atoms with Crippen molar-refractivity contribution in [2.24, 2.45) is 0 Å². The first kappa shape index (κ1) is 22.4. The van der Waals surface area contributed by atoms with Crippen LogP contribution in [0.4, 0.5) is 17.5 Å². The second kappa shape index (κ2) is 8.97. The van der Waals surface area contributed by atoms with E-state index in [0.717, 1.165) is 11.3 Å². The Morgan fingerprint density at radius 1 is 1.00 bits per heavy atom. The van der Waals surface area contributed by atoms with Crippen LogP contribution in [0.25, 0.3) is 0 Å². The van der Waals surface area contributed by atoms with E-state index in [1.807, 2.05) is 6.92 Å². The molecular weight excluding hydrogens is 440 g/mol. The number of nitrogens with zero attached hydrogens (tertiary/aromatic N) is 5. The summed E-state index contributed by atoms with van der Waals surface area (Å²) in [6, 6.07) is 17.3. The van der Waals surface area contributed by atoms with Gasteiger partial charge < -0.3 is 5.32 Å². The van der Waals surface area contributed by atoms with Crippen molar-refractivity contribution in [3.05, 3.63) is 71.4 Å². The van der Waals surface area contributed by atoms with Crippen LogP contribution in [0.3, 0.4) is 0 Å². The van der Waals surface area contributed by atoms with Gasteiger partial charge in [-0.1, -0.05) is 17.7 Å². The average molecular weight is 463 g/mol. The zero-order chi connectivity index (χ0) is 23.6. The maximum absolute atomic E-state index is 12.9. The standard InChI is InChI=1S/C23H22N6O3S/c1-16-3-9-20(10-4-16)33(31,32)28-11-12-29(22(30)15-28)23-25-17(2)13-21(27-23)26-19-7-5-18(14-24)6-8-19/h3-10,13H,11-12,15H2,1-2H3,(H,25,26,27). The predicted molar refractivity (Wildman–Crippen MR) is 123 cm³/mol. The van der Waals surface area contributed by atoms with Crippen LogP contribution in [0.15, 0.2) is 59.5 Å². The third-order valence-electron chi connectivity index (χ3n) is 5.21. The van der Waals surface area contributed by atoms with Crippen molar-refractivity contribution in [3.8, 4) is 6.07 Å². The molecule has 9 nitrogen and oxygen atoms in total. The molecule has 0 bridgehead atoms. The van der Waals surface area contributed by atoms with Crippen LogP contribution in [0.1, 0.15) is 16.8 Å². The minimum absolute atomic E-state index is 0.137. The Morgan fingerprint density at radius 3 is 2.33 bits per heavy atom. The number of nitriles is 1. The van der Waals surface area contributed by atoms with Gasteiger partial charge in [0.15, 0.2) is 0 Å². The highest BCUT2D eigenvalue weighted by Gasteiger charge is 2.34. The number of rotatable bonds is 5. The Bertz CT molecular complexity index is 1330. The van der Waals surface area contributed by atoms with E-state index in [-0.39, 0.29) is 30.5 Å². The number of nitrogens with one attached hydrogen (secondary N) is 1. The SMILES string of the molecule is Cc1ccc(S(=O)(=O)N2CCN(c3nc(C)cc(Nc4ccc(C#N)cc4)n3)C(=O)C2)cc1. The molecule has 0 unspecified atom stereocenters. The lowest BCUT2D eigenvalue weighted by molar-refractivity contribution is -0.120. The zero-order valence-corrected chi connectivity index (χ0v) is 19.0. The Labute approximate surface area is 192 Å². The molecular formula is C23H22N6O3S. The second-order valence-corrected chi connectivity index (χ2v) is 9.64. The van der Waals surface area contributed by atoms with E-state index >= 15 is 0 Å². The molecule has 1 aromatic heterocycles. The van der Waals surface area contributed by atoms with Crippen LogP contribution >= 0.6 is 0 Å². The molecule has 0 spiro atoms. The molecule has 10 heteroatoms. The summed E-state index contributed by atoms with van der Waals surface area (Å²) >= 11 is 0. The van der Waals surface area contributed by atoms with Crippen molar-refractivity contribution in [3.63, 3.8) is 0 Å². The zero-order valence-electron chi connectivity index (χ0n) is 18.2. The Balaban J connectivity index is 1.51. The number of amides is 1. The van der Waals surface area contributed by atoms with Crippen LogP contribution in [-0.2, 0) is 14.8 Å². The molecule has 1 saturated heterocycles. The van der Waals surface area contributed by atoms with Gasteiger partial charge in [0, 0.05) is 30.5 Å². The fraction of sp³-hybridized carbons (Fsp3) is 0.217. The van der Waals surface area contributed by atoms with Gasteiger partial charge in [-0.05, 0) is 50.2 Å². The summed E-state index contributed by atoms with van der Waals surface area (Å²) in [5.74, 6) is 0.306. The first-order valence-corrected chi connectivity index (χ1v) is 11.7. The summed E-state index contributed by atoms with van der Waals surface area (Å²) in [5.41, 5.74) is 2.89. The minimum Gasteiger partial charge on any atom is -0.340 e. The van der Waals surface area contributed by atoms with Crippen molar-refractivity contribution < 1.29 is 13.2 Å². The van der Waals surface area contributed by atoms with Crippen molar-refractivity contribution in [2.75, 3.05) is 29.9 Å². The van der Waals surface area contributed by atoms with Gasteiger partial charge >= 0.3 is 0 Å². The van der Waals surface area contributed by atoms with Gasteiger partial charge in [0.1, 0.15) is 5.82 Å². The molecule has 33 heavy (non-hydrogen) atoms. The van der Waals surface area contributed by atoms with Gasteiger partial charge in [-0.15, -0.1) is 0 Å². The molecule has 168 valence electrons. The lowest BCUT2D eigenvalue weighted by Gasteiger charge is -2.32. The number of benzene rings is 2. The minimum atomic E-state index is -3.77. The van der Waals surface area contributed by atoms with Crippen molar-refractivity contribution in [2.45, 2.75) is 18.7 Å². The number of carbonyl (C=O) groups excluding carboxylic acids is 1. The van der Waals surface area contributed by atoms with Crippen molar-refractivity contribution >= 4 is 33.4 Å². The molecule has 0 aliphatic carbocycles. The Kier molecular flexibility index (Phi) is 6.09. The topological polar surface area (TPSA) is 119 Å². The fourth-order valence-electron chi connectivity index (χ4n) is 3.44. The van der Waals surface area contributed by atoms with Crippen LogP contribution < -0.4 is 10.2 Å². The van der Waals surface area contributed by atoms with Gasteiger partial charge in [-0.25, -0.2) is 13.4 Å². The summed E-state index contributed by atoms with van der Waals surface area (Å²) in [6.45, 7) is 3.66. The van der Waals surface area contributed by atoms with Crippen LogP contribution in [0.5, 0.6) is 0 Å². The monoisotopic (exact) mass is 462 g/mol. The highest BCUT2D eigenvalue weighted by atomic mass is 32.2. The van der Waals surface area contributed by atoms with Gasteiger partial charge in [0.25, 0.3) is 0 Å². The van der Waals surface area contributed by atoms with E-state index in [2.05, 4.69) is 21.4 Å². The molecule has 4 rings (SSSR count). The Hall–Kier alpha value is -3.81. The second-order valence-electron chi connectivity index (χ2n) is 7.71. The van der Waals surface area contributed by atoms with E-state index < -0.39 is 15.9 Å². The molecule has 1 amide bonds. The van der Waals surface area contributed by atoms with Gasteiger partial charge in [0.05, 0.1) is 23.1 Å². The van der Waals surface area contributed by atoms with Crippen LogP contribution in [-0.4, -0.2) is 48.2 Å². The normalized spacial score (nSPS) is 14.7. The maximum Gasteiger partial charge on any atom is 0.244 e. The molecule has 1 aliphatic heterocycles. The number of piperazine rings is 1. The number of anilines is 3. The van der Waals surface area contributed by atoms with E-state index in [0.29, 0.717) is 17.1 Å². The largest absolute Gasteiger partial charge is 0.340 e. The molecule has 1 N–H and O–H groups in total. The summed E-state index contributed by atoms with van der Waals surface area (Å²) in [4.78, 5) is 23.3. The number of hydrogen-bond donors (Lipinski definition) is 1. The highest BCUT2D eigenvalue weighted by Crippen LogP contribution is 2.23. The number of carbonyl (C=O) groups is 1. The third kappa shape index (κ3) is 4.84. The lowest BCUT2D eigenvalue weighted by atomic mass is 10.2. The lowest BCUT2D eigenvalue weighted by Crippen LogP contribution is -2.52. The summed E-state index contributed by atoms with van der Waals surface area (Å²) < 4.78 is 27.1. The molecule has 0 radical (unpaired) electrons. The van der Waals surface area contributed by atoms with Crippen LogP contribution in [0, 0.1) is 25.2 Å². The van der Waals surface area contributed by atoms with Crippen LogP contribution in [0.2, 0.25) is 0 Å². The molecule has 2 heterocycles. The summed E-state index contributed by atoms with van der Waals surface area (Å²) in [5, 5.41) is 12.1. The van der Waals surface area contributed by atoms with Gasteiger partial charge in [-0.3, -0.25) is 9.69 Å². The molecule has 2 aromatic carbocycles. The molecule has 0 atom stereocenters. The van der Waals surface area contributed by atoms with E-state index in [4.69, 9.17) is 5.26 Å². The predicted octanol–water partition coefficient (Wildman–Crippen LogP) is 2.75. The first-order chi connectivity index (χ1) is 15.8. The van der Waals surface area contributed by atoms with Gasteiger partial charge in [0.2, 0.25) is 21.9 Å². The summed E-state index contributed by atoms with van der Waals surface area (Å²) in [7, 11) is -3.77. The smallest absolute Gasteiger partial charge is 0.244 e. The van der Waals surface area contributed by atoms with E-state index in [9.17, 15) is 13.2 Å². The average Bonchev–Trinajstić information content (AvgIpc) is 2.79. The molecule has 3 aromatic rings. The Morgan fingerprint density at radius 2 is 1.70 bits per heavy atom. The number of aromatic nitrogens is 2. The third-order valence-corrected chi connectivity index (χ3v) is 7.07. The van der Waals surface area contributed by atoms with Crippen molar-refractivity contribution in [1.82, 2.24) is 14.3 Å². The van der Waals surface area contributed by atoms with E-state index in [1.54, 1.807) is 61.5 Å². The van der Waals surface area contributed by atoms with Gasteiger partial charge in [-0.2, -0.15) is 14.6 Å². The maximum atomic E-state index is 12.9. The number of hydrogen-bond acceptors (Lipinski definition) is 7. The first-order valence-electron chi connectivity index (χ1n) is 10.3. The number of sulfonamides is 1. The molecule has 1 aliphatic rings. The molecule has 0 saturated carbocycles. The molecule has 1 fully saturated rings.